The van der Waals surface area contributed by atoms with Gasteiger partial charge < -0.3 is 121 Å². The van der Waals surface area contributed by atoms with Gasteiger partial charge in [0.2, 0.25) is 82.7 Å². The van der Waals surface area contributed by atoms with Gasteiger partial charge >= 0.3 is 17.9 Å². The number of amides is 15. The first-order chi connectivity index (χ1) is 52.9. The molecule has 24 N–H and O–H groups in total. The summed E-state index contributed by atoms with van der Waals surface area (Å²) >= 11 is 0. The number of fused-ring (bicyclic) bond motifs is 1. The van der Waals surface area contributed by atoms with E-state index in [2.05, 4.69) is 47.9 Å². The van der Waals surface area contributed by atoms with Crippen molar-refractivity contribution in [1.29, 1.82) is 0 Å². The lowest BCUT2D eigenvalue weighted by Crippen LogP contribution is -2.66. The molecular formula is C72H122N16O25. The second kappa shape index (κ2) is 49.0. The summed E-state index contributed by atoms with van der Waals surface area (Å²) in [6.07, 6.45) is -12.9. The van der Waals surface area contributed by atoms with E-state index < -0.39 is 272 Å². The first-order valence-corrected chi connectivity index (χ1v) is 38.3. The molecule has 19 atom stereocenters. The third-order valence-corrected chi connectivity index (χ3v) is 20.0. The number of unbranched alkanes of at least 4 members (excludes halogenated alkanes) is 5. The first kappa shape index (κ1) is 99.3. The number of ether oxygens (including phenoxy) is 2. The number of rotatable bonds is 41. The van der Waals surface area contributed by atoms with Crippen molar-refractivity contribution in [2.24, 2.45) is 58.3 Å². The second-order valence-electron chi connectivity index (χ2n) is 29.7. The van der Waals surface area contributed by atoms with Crippen molar-refractivity contribution < 1.29 is 121 Å². The summed E-state index contributed by atoms with van der Waals surface area (Å²) in [6.45, 7) is 13.9. The molecule has 0 aliphatic carbocycles. The number of carboxylic acid groups (broad SMARTS) is 2. The zero-order valence-electron chi connectivity index (χ0n) is 66.4. The molecule has 640 valence electrons. The highest BCUT2D eigenvalue weighted by Crippen LogP contribution is 2.28. The van der Waals surface area contributed by atoms with Crippen LogP contribution in [-0.2, 0) is 95.8 Å². The molecule has 2 aliphatic heterocycles. The Bertz CT molecular complexity index is 3310. The highest BCUT2D eigenvalue weighted by molar-refractivity contribution is 6.02. The van der Waals surface area contributed by atoms with Crippen LogP contribution >= 0.6 is 0 Å². The summed E-state index contributed by atoms with van der Waals surface area (Å²) in [7, 11) is 1.08. The van der Waals surface area contributed by atoms with Crippen LogP contribution in [0.5, 0.6) is 0 Å². The molecule has 41 nitrogen and oxygen atoms in total. The molecule has 0 saturated carbocycles. The minimum absolute atomic E-state index is 0.0632. The van der Waals surface area contributed by atoms with Crippen molar-refractivity contribution in [2.75, 3.05) is 26.7 Å². The lowest BCUT2D eigenvalue weighted by atomic mass is 9.85. The fourth-order valence-electron chi connectivity index (χ4n) is 12.8. The van der Waals surface area contributed by atoms with Gasteiger partial charge in [-0.05, 0) is 108 Å². The lowest BCUT2D eigenvalue weighted by Gasteiger charge is -2.40. The Labute approximate surface area is 656 Å². The maximum Gasteiger partial charge on any atom is 0.329 e. The molecule has 2 heterocycles. The highest BCUT2D eigenvalue weighted by Gasteiger charge is 2.48. The van der Waals surface area contributed by atoms with E-state index in [4.69, 9.17) is 38.1 Å². The molecule has 2 saturated heterocycles. The summed E-state index contributed by atoms with van der Waals surface area (Å²) in [5.41, 5.74) is 28.3. The van der Waals surface area contributed by atoms with Gasteiger partial charge in [-0.2, -0.15) is 0 Å². The molecule has 2 aliphatic rings. The van der Waals surface area contributed by atoms with Crippen LogP contribution in [0.2, 0.25) is 0 Å². The molecule has 2 rings (SSSR count). The number of hydrogen-bond donors (Lipinski definition) is 19. The number of carboxylic acids is 2. The zero-order valence-corrected chi connectivity index (χ0v) is 66.4. The Balaban J connectivity index is 3.23. The van der Waals surface area contributed by atoms with Gasteiger partial charge in [0, 0.05) is 45.4 Å². The van der Waals surface area contributed by atoms with Crippen molar-refractivity contribution in [3.63, 3.8) is 0 Å². The predicted octanol–water partition coefficient (Wildman–Crippen LogP) is -5.46. The first-order valence-electron chi connectivity index (χ1n) is 38.3. The van der Waals surface area contributed by atoms with E-state index in [-0.39, 0.29) is 71.1 Å². The molecule has 0 spiro atoms. The van der Waals surface area contributed by atoms with Gasteiger partial charge in [-0.1, -0.05) is 81.1 Å². The van der Waals surface area contributed by atoms with E-state index in [0.29, 0.717) is 12.8 Å². The smallest absolute Gasteiger partial charge is 0.329 e. The quantitative estimate of drug-likeness (QED) is 0.0201. The van der Waals surface area contributed by atoms with E-state index in [1.165, 1.54) is 27.7 Å². The van der Waals surface area contributed by atoms with Gasteiger partial charge in [0.1, 0.15) is 72.6 Å². The number of nitrogens with zero attached hydrogens (tertiary/aromatic N) is 2. The SMILES string of the molecule is CCCCCCCC(=O)NC(CC(=O)O)C(=O)NC(CCC(N)=O)C(O)C(O)C(=O)NC(C(=O)NC1C(=O)NC(C(C)O)C(=O)NC(CCCCN)C(=O)NC(CC(C)C)C(=O)N(C)C(CCC(N)=O)C(=O)NC(C(OCC)C(N)=O)C(=O)NC(CC(=O)O)C(=O)N2CCCCC2C(=O)OC1C(C)C(C)C)C(C)C(C)C(N)=O. The Kier molecular flexibility index (Phi) is 43.1. The summed E-state index contributed by atoms with van der Waals surface area (Å²) in [6, 6.07) is -21.9. The summed E-state index contributed by atoms with van der Waals surface area (Å²) in [5.74, 6) is -28.7. The number of aliphatic hydroxyl groups excluding tert-OH is 3. The third-order valence-electron chi connectivity index (χ3n) is 20.0. The van der Waals surface area contributed by atoms with E-state index in [9.17, 15) is 92.7 Å². The molecule has 0 aromatic rings. The van der Waals surface area contributed by atoms with Gasteiger partial charge in [0.05, 0.1) is 25.0 Å². The summed E-state index contributed by atoms with van der Waals surface area (Å²) in [5, 5.41) is 76.3. The second-order valence-corrected chi connectivity index (χ2v) is 29.7. The minimum atomic E-state index is -2.76. The van der Waals surface area contributed by atoms with Crippen molar-refractivity contribution in [3.8, 4) is 0 Å². The third kappa shape index (κ3) is 32.3. The van der Waals surface area contributed by atoms with Gasteiger partial charge in [0.15, 0.2) is 12.2 Å². The van der Waals surface area contributed by atoms with Crippen molar-refractivity contribution in [3.05, 3.63) is 0 Å². The van der Waals surface area contributed by atoms with Crippen LogP contribution in [0, 0.1) is 29.6 Å². The number of nitrogens with two attached hydrogens (primary N) is 5. The number of piperidine rings is 1. The fourth-order valence-corrected chi connectivity index (χ4v) is 12.8. The van der Waals surface area contributed by atoms with Gasteiger partial charge in [-0.25, -0.2) is 4.79 Å². The molecule has 0 radical (unpaired) electrons. The predicted molar refractivity (Wildman–Crippen MR) is 400 cm³/mol. The number of cyclic esters (lactones) is 1. The van der Waals surface area contributed by atoms with Gasteiger partial charge in [0.25, 0.3) is 5.91 Å². The Morgan fingerprint density at radius 3 is 1.77 bits per heavy atom. The lowest BCUT2D eigenvalue weighted by molar-refractivity contribution is -0.168. The number of likely N-dealkylation sites (N-methyl/N-ethyl adjacent to an activating group) is 1. The van der Waals surface area contributed by atoms with Crippen molar-refractivity contribution in [1.82, 2.24) is 57.7 Å². The number of esters is 1. The van der Waals surface area contributed by atoms with E-state index in [1.807, 2.05) is 6.92 Å². The average molecular weight is 1610 g/mol. The van der Waals surface area contributed by atoms with Crippen LogP contribution in [0.1, 0.15) is 191 Å². The van der Waals surface area contributed by atoms with Crippen molar-refractivity contribution in [2.45, 2.75) is 288 Å². The maximum atomic E-state index is 15.7. The average Bonchev–Trinajstić information content (AvgIpc) is 0.988. The number of nitrogens with one attached hydrogen (secondary N) is 9. The molecule has 0 aromatic heterocycles. The van der Waals surface area contributed by atoms with Crippen LogP contribution in [0.15, 0.2) is 0 Å². The highest BCUT2D eigenvalue weighted by atomic mass is 16.5. The topological polar surface area (TPSA) is 672 Å². The number of aliphatic hydroxyl groups is 3. The van der Waals surface area contributed by atoms with E-state index >= 15 is 19.2 Å². The van der Waals surface area contributed by atoms with Crippen LogP contribution in [0.25, 0.3) is 0 Å². The molecule has 15 amide bonds. The normalized spacial score (nSPS) is 23.5. The van der Waals surface area contributed by atoms with Crippen LogP contribution in [-0.4, -0.2) is 266 Å². The van der Waals surface area contributed by atoms with E-state index in [1.54, 1.807) is 27.7 Å². The van der Waals surface area contributed by atoms with Crippen LogP contribution in [0.3, 0.4) is 0 Å². The maximum absolute atomic E-state index is 15.7. The molecule has 113 heavy (non-hydrogen) atoms. The Morgan fingerprint density at radius 2 is 1.22 bits per heavy atom. The van der Waals surface area contributed by atoms with E-state index in [0.717, 1.165) is 43.0 Å². The number of carbonyl (C=O) groups excluding carboxylic acids is 16. The van der Waals surface area contributed by atoms with Crippen LogP contribution in [0.4, 0.5) is 0 Å². The molecule has 41 heteroatoms. The monoisotopic (exact) mass is 1610 g/mol. The summed E-state index contributed by atoms with van der Waals surface area (Å²) in [4.78, 5) is 255. The molecule has 0 bridgehead atoms. The largest absolute Gasteiger partial charge is 0.481 e. The Morgan fingerprint density at radius 1 is 0.619 bits per heavy atom. The molecule has 2 fully saturated rings. The van der Waals surface area contributed by atoms with Crippen LogP contribution < -0.4 is 76.5 Å². The standard InChI is InChI=1S/C72H122N16O25/c1-12-14-15-16-17-24-49(92)78-42(32-50(93)94)63(102)79-40(25-27-47(74)90)56(97)57(98)69(108)83-52(37(8)38(9)60(76)99)65(104)86-54-58(36(7)35(5)6)113-72(111)46-23-19-21-30-88(46)71(110)44(33-51(95)96)82-67(106)55(59(61(77)100)112-13-2)85-64(103)45(26-28-48(75)91)87(11)70(109)43(31-34(3)4)81-62(101)41(22-18-20-29-73)80-66(105)53(39(10)89)84-68(54)107/h34-46,52-59,89,97-98H,12-33,73H2,1-11H3,(H2,74,90)(H2,75,91)(H2,76,99)(H2,77,100)(H,78,92)(H,79,102)(H,80,105)(H,81,101)(H,82,106)(H,83,108)(H,84,107)(H,85,103)(H,86,104)(H,93,94)(H,95,96). The Hall–Kier alpha value is -9.74. The molecule has 0 aromatic carbocycles. The van der Waals surface area contributed by atoms with Gasteiger partial charge in [-0.3, -0.25) is 81.5 Å². The molecule has 19 unspecified atom stereocenters. The minimum Gasteiger partial charge on any atom is -0.481 e. The fraction of sp³-hybridized carbons (Fsp3) is 0.750. The molecular weight excluding hydrogens is 1490 g/mol. The number of primary amides is 4. The van der Waals surface area contributed by atoms with Crippen molar-refractivity contribution >= 4 is 107 Å². The zero-order chi connectivity index (χ0) is 86.0. The number of aliphatic carboxylic acids is 2. The summed E-state index contributed by atoms with van der Waals surface area (Å²) < 4.78 is 11.8. The number of carbonyl (C=O) groups is 18. The van der Waals surface area contributed by atoms with Gasteiger partial charge in [-0.15, -0.1) is 0 Å². The number of hydrogen-bond acceptors (Lipinski definition) is 24.